The number of ketones is 2. The fraction of sp³-hybridized carbons (Fsp3) is 0.333. The molecule has 1 aromatic carbocycles. The van der Waals surface area contributed by atoms with E-state index in [1.54, 1.807) is 20.8 Å². The molecule has 2 N–H and O–H groups in total. The van der Waals surface area contributed by atoms with Gasteiger partial charge in [0, 0.05) is 11.3 Å². The molecule has 0 atom stereocenters. The molecule has 0 unspecified atom stereocenters. The lowest BCUT2D eigenvalue weighted by molar-refractivity contribution is -0.148. The smallest absolute Gasteiger partial charge is 0.412 e. The number of nitrogens with one attached hydrogen (secondary N) is 1. The molecule has 0 saturated carbocycles. The van der Waals surface area contributed by atoms with Crippen molar-refractivity contribution in [2.75, 3.05) is 5.32 Å². The molecule has 0 aliphatic heterocycles. The number of hydrogen-bond donors (Lipinski definition) is 2. The summed E-state index contributed by atoms with van der Waals surface area (Å²) in [7, 11) is 0. The van der Waals surface area contributed by atoms with Crippen LogP contribution in [0.1, 0.15) is 37.6 Å². The van der Waals surface area contributed by atoms with Gasteiger partial charge in [-0.3, -0.25) is 14.9 Å². The average molecular weight is 307 g/mol. The van der Waals surface area contributed by atoms with Crippen LogP contribution in [0.15, 0.2) is 24.3 Å². The molecule has 0 heterocycles. The van der Waals surface area contributed by atoms with Crippen molar-refractivity contribution in [2.45, 2.75) is 32.8 Å². The van der Waals surface area contributed by atoms with Crippen LogP contribution < -0.4 is 5.32 Å². The van der Waals surface area contributed by atoms with E-state index < -0.39 is 35.7 Å². The minimum Gasteiger partial charge on any atom is -0.475 e. The van der Waals surface area contributed by atoms with Gasteiger partial charge in [0.2, 0.25) is 5.78 Å². The third kappa shape index (κ3) is 5.74. The number of carbonyl (C=O) groups is 4. The largest absolute Gasteiger partial charge is 0.475 e. The van der Waals surface area contributed by atoms with E-state index in [4.69, 9.17) is 9.84 Å². The summed E-state index contributed by atoms with van der Waals surface area (Å²) in [6.45, 7) is 5.19. The second-order valence-electron chi connectivity index (χ2n) is 5.53. The van der Waals surface area contributed by atoms with Crippen molar-refractivity contribution in [3.63, 3.8) is 0 Å². The minimum atomic E-state index is -1.64. The maximum absolute atomic E-state index is 11.7. The summed E-state index contributed by atoms with van der Waals surface area (Å²) in [4.78, 5) is 44.6. The zero-order valence-corrected chi connectivity index (χ0v) is 12.5. The number of benzene rings is 1. The lowest BCUT2D eigenvalue weighted by atomic mass is 10.1. The van der Waals surface area contributed by atoms with Crippen molar-refractivity contribution in [3.05, 3.63) is 29.8 Å². The molecule has 1 rings (SSSR count). The second kappa shape index (κ2) is 6.84. The van der Waals surface area contributed by atoms with E-state index in [-0.39, 0.29) is 5.56 Å². The van der Waals surface area contributed by atoms with Crippen LogP contribution in [0.25, 0.3) is 0 Å². The highest BCUT2D eigenvalue weighted by Crippen LogP contribution is 2.14. The summed E-state index contributed by atoms with van der Waals surface area (Å²) in [6.07, 6.45) is -1.33. The van der Waals surface area contributed by atoms with Crippen LogP contribution in [0.4, 0.5) is 10.5 Å². The van der Waals surface area contributed by atoms with Crippen LogP contribution in [0.3, 0.4) is 0 Å². The van der Waals surface area contributed by atoms with Crippen molar-refractivity contribution < 1.29 is 29.0 Å². The van der Waals surface area contributed by atoms with Gasteiger partial charge >= 0.3 is 12.1 Å². The van der Waals surface area contributed by atoms with Crippen molar-refractivity contribution in [1.82, 2.24) is 0 Å². The molecule has 0 aliphatic rings. The standard InChI is InChI=1S/C15H17NO6/c1-15(2,3)22-14(21)16-10-6-4-9(5-7-10)11(17)8-12(18)13(19)20/h4-7H,8H2,1-3H3,(H,16,21)(H,19,20). The van der Waals surface area contributed by atoms with Crippen molar-refractivity contribution in [3.8, 4) is 0 Å². The molecule has 0 bridgehead atoms. The zero-order valence-electron chi connectivity index (χ0n) is 12.5. The van der Waals surface area contributed by atoms with Crippen molar-refractivity contribution >= 4 is 29.3 Å². The topological polar surface area (TPSA) is 110 Å². The zero-order chi connectivity index (χ0) is 16.9. The lowest BCUT2D eigenvalue weighted by Gasteiger charge is -2.19. The Bertz CT molecular complexity index is 597. The van der Waals surface area contributed by atoms with Gasteiger partial charge in [-0.15, -0.1) is 0 Å². The Kier molecular flexibility index (Phi) is 5.39. The molecule has 1 amide bonds. The third-order valence-electron chi connectivity index (χ3n) is 2.41. The van der Waals surface area contributed by atoms with Crippen LogP contribution in [0, 0.1) is 0 Å². The Hall–Kier alpha value is -2.70. The quantitative estimate of drug-likeness (QED) is 0.490. The van der Waals surface area contributed by atoms with Gasteiger partial charge in [-0.25, -0.2) is 9.59 Å². The SMILES string of the molecule is CC(C)(C)OC(=O)Nc1ccc(C(=O)CC(=O)C(=O)O)cc1. The maximum atomic E-state index is 11.7. The fourth-order valence-electron chi connectivity index (χ4n) is 1.48. The fourth-order valence-corrected chi connectivity index (χ4v) is 1.48. The van der Waals surface area contributed by atoms with Gasteiger partial charge in [0.05, 0.1) is 6.42 Å². The molecule has 22 heavy (non-hydrogen) atoms. The number of anilines is 1. The lowest BCUT2D eigenvalue weighted by Crippen LogP contribution is -2.27. The number of carbonyl (C=O) groups excluding carboxylic acids is 3. The average Bonchev–Trinajstić information content (AvgIpc) is 2.36. The normalized spacial score (nSPS) is 10.7. The highest BCUT2D eigenvalue weighted by Gasteiger charge is 2.18. The highest BCUT2D eigenvalue weighted by molar-refractivity contribution is 6.37. The molecular formula is C15H17NO6. The van der Waals surface area contributed by atoms with Crippen LogP contribution in [-0.2, 0) is 14.3 Å². The summed E-state index contributed by atoms with van der Waals surface area (Å²) in [5.41, 5.74) is -0.0308. The first-order chi connectivity index (χ1) is 10.1. The molecule has 0 saturated heterocycles. The molecular weight excluding hydrogens is 290 g/mol. The third-order valence-corrected chi connectivity index (χ3v) is 2.41. The molecule has 0 aliphatic carbocycles. The first-order valence-electron chi connectivity index (χ1n) is 6.48. The van der Waals surface area contributed by atoms with E-state index >= 15 is 0 Å². The number of carboxylic acid groups (broad SMARTS) is 1. The number of ether oxygens (including phenoxy) is 1. The van der Waals surface area contributed by atoms with E-state index in [0.717, 1.165) is 0 Å². The summed E-state index contributed by atoms with van der Waals surface area (Å²) in [6, 6.07) is 5.71. The molecule has 118 valence electrons. The van der Waals surface area contributed by atoms with Crippen molar-refractivity contribution in [2.24, 2.45) is 0 Å². The van der Waals surface area contributed by atoms with Crippen LogP contribution in [0.2, 0.25) is 0 Å². The first-order valence-corrected chi connectivity index (χ1v) is 6.48. The second-order valence-corrected chi connectivity index (χ2v) is 5.53. The Labute approximate surface area is 127 Å². The summed E-state index contributed by atoms with van der Waals surface area (Å²) >= 11 is 0. The number of hydrogen-bond acceptors (Lipinski definition) is 5. The number of Topliss-reactive ketones (excluding diaryl/α,β-unsaturated/α-hetero) is 2. The molecule has 7 nitrogen and oxygen atoms in total. The van der Waals surface area contributed by atoms with Gasteiger partial charge in [-0.1, -0.05) is 0 Å². The molecule has 0 radical (unpaired) electrons. The summed E-state index contributed by atoms with van der Waals surface area (Å²) in [5, 5.41) is 10.9. The molecule has 0 fully saturated rings. The Morgan fingerprint density at radius 2 is 1.64 bits per heavy atom. The first kappa shape index (κ1) is 17.4. The number of amides is 1. The van der Waals surface area contributed by atoms with Gasteiger partial charge in [-0.2, -0.15) is 0 Å². The molecule has 7 heteroatoms. The molecule has 0 spiro atoms. The molecule has 0 aromatic heterocycles. The van der Waals surface area contributed by atoms with Gasteiger partial charge < -0.3 is 9.84 Å². The van der Waals surface area contributed by atoms with Crippen molar-refractivity contribution in [1.29, 1.82) is 0 Å². The predicted octanol–water partition coefficient (Wildman–Crippen LogP) is 2.26. The Morgan fingerprint density at radius 3 is 2.09 bits per heavy atom. The Morgan fingerprint density at radius 1 is 1.09 bits per heavy atom. The number of carboxylic acids is 1. The van der Waals surface area contributed by atoms with Crippen LogP contribution >= 0.6 is 0 Å². The predicted molar refractivity (Wildman–Crippen MR) is 77.9 cm³/mol. The van der Waals surface area contributed by atoms with Gasteiger partial charge in [0.25, 0.3) is 0 Å². The van der Waals surface area contributed by atoms with E-state index in [1.807, 2.05) is 0 Å². The molecule has 1 aromatic rings. The van der Waals surface area contributed by atoms with E-state index in [0.29, 0.717) is 5.69 Å². The van der Waals surface area contributed by atoms with Gasteiger partial charge in [0.1, 0.15) is 5.60 Å². The minimum absolute atomic E-state index is 0.185. The summed E-state index contributed by atoms with van der Waals surface area (Å²) in [5.74, 6) is -3.41. The maximum Gasteiger partial charge on any atom is 0.412 e. The summed E-state index contributed by atoms with van der Waals surface area (Å²) < 4.78 is 5.07. The van der Waals surface area contributed by atoms with E-state index in [9.17, 15) is 19.2 Å². The van der Waals surface area contributed by atoms with Crippen LogP contribution in [0.5, 0.6) is 0 Å². The van der Waals surface area contributed by atoms with E-state index in [1.165, 1.54) is 24.3 Å². The Balaban J connectivity index is 2.67. The van der Waals surface area contributed by atoms with Gasteiger partial charge in [-0.05, 0) is 45.0 Å². The number of aliphatic carboxylic acids is 1. The van der Waals surface area contributed by atoms with Crippen LogP contribution in [-0.4, -0.2) is 34.3 Å². The van der Waals surface area contributed by atoms with E-state index in [2.05, 4.69) is 5.32 Å². The monoisotopic (exact) mass is 307 g/mol. The van der Waals surface area contributed by atoms with Gasteiger partial charge in [0.15, 0.2) is 5.78 Å². The number of rotatable bonds is 5. The highest BCUT2D eigenvalue weighted by atomic mass is 16.6.